The van der Waals surface area contributed by atoms with E-state index in [9.17, 15) is 26.4 Å². The van der Waals surface area contributed by atoms with E-state index in [1.165, 1.54) is 31.2 Å². The van der Waals surface area contributed by atoms with Gasteiger partial charge in [-0.1, -0.05) is 6.07 Å². The molecule has 0 aliphatic carbocycles. The Morgan fingerprint density at radius 1 is 1.24 bits per heavy atom. The van der Waals surface area contributed by atoms with Crippen molar-refractivity contribution >= 4 is 60.6 Å². The molecule has 0 bridgehead atoms. The number of nitrogens with zero attached hydrogens (tertiary/aromatic N) is 2. The third kappa shape index (κ3) is 4.36. The lowest BCUT2D eigenvalue weighted by molar-refractivity contribution is -0.137. The van der Waals surface area contributed by atoms with E-state index in [-0.39, 0.29) is 25.1 Å². The van der Waals surface area contributed by atoms with Crippen molar-refractivity contribution in [1.29, 1.82) is 0 Å². The molecule has 3 aromatic rings. The van der Waals surface area contributed by atoms with Gasteiger partial charge in [0.1, 0.15) is 11.0 Å². The molecule has 0 radical (unpaired) electrons. The van der Waals surface area contributed by atoms with Crippen LogP contribution in [0.5, 0.6) is 0 Å². The summed E-state index contributed by atoms with van der Waals surface area (Å²) in [6, 6.07) is 7.19. The second kappa shape index (κ2) is 7.76. The van der Waals surface area contributed by atoms with Gasteiger partial charge in [0, 0.05) is 3.57 Å². The molecule has 1 atom stereocenters. The van der Waals surface area contributed by atoms with Gasteiger partial charge in [0.05, 0.1) is 27.0 Å². The number of nitrogens with one attached hydrogen (secondary N) is 1. The molecule has 154 valence electrons. The van der Waals surface area contributed by atoms with E-state index in [1.807, 2.05) is 0 Å². The van der Waals surface area contributed by atoms with Crippen molar-refractivity contribution in [2.24, 2.45) is 0 Å². The summed E-state index contributed by atoms with van der Waals surface area (Å²) in [5.41, 5.74) is 1.26. The second-order valence-electron chi connectivity index (χ2n) is 6.00. The second-order valence-corrected chi connectivity index (χ2v) is 10.3. The molecule has 0 saturated carbocycles. The molecule has 1 unspecified atom stereocenters. The fourth-order valence-corrected chi connectivity index (χ4v) is 4.51. The van der Waals surface area contributed by atoms with Crippen molar-refractivity contribution in [3.63, 3.8) is 0 Å². The number of halogens is 5. The minimum Gasteiger partial charge on any atom is -0.290 e. The zero-order chi connectivity index (χ0) is 21.6. The van der Waals surface area contributed by atoms with Crippen LogP contribution < -0.4 is 11.0 Å². The van der Waals surface area contributed by atoms with Crippen molar-refractivity contribution < 1.29 is 21.6 Å². The van der Waals surface area contributed by atoms with E-state index < -0.39 is 31.8 Å². The fraction of sp³-hybridized carbons (Fsp3) is 0.176. The van der Waals surface area contributed by atoms with E-state index in [0.717, 1.165) is 23.1 Å². The van der Waals surface area contributed by atoms with E-state index in [2.05, 4.69) is 10.4 Å². The van der Waals surface area contributed by atoms with E-state index >= 15 is 0 Å². The average Bonchev–Trinajstić information content (AvgIpc) is 2.63. The fourth-order valence-electron chi connectivity index (χ4n) is 2.50. The number of hydrogen-bond donors (Lipinski definition) is 1. The first-order chi connectivity index (χ1) is 13.4. The summed E-state index contributed by atoms with van der Waals surface area (Å²) in [6.07, 6.45) is -3.50. The van der Waals surface area contributed by atoms with Gasteiger partial charge in [0.2, 0.25) is 0 Å². The van der Waals surface area contributed by atoms with Crippen molar-refractivity contribution in [2.45, 2.75) is 22.7 Å². The Bertz CT molecular complexity index is 1260. The van der Waals surface area contributed by atoms with Crippen molar-refractivity contribution in [1.82, 2.24) is 9.66 Å². The largest absolute Gasteiger partial charge is 0.416 e. The van der Waals surface area contributed by atoms with Crippen LogP contribution in [0, 0.1) is 3.57 Å². The summed E-state index contributed by atoms with van der Waals surface area (Å²) < 4.78 is 63.5. The Balaban J connectivity index is 2.08. The van der Waals surface area contributed by atoms with Crippen LogP contribution in [0.15, 0.2) is 52.4 Å². The maximum absolute atomic E-state index is 13.1. The molecule has 0 spiro atoms. The summed E-state index contributed by atoms with van der Waals surface area (Å²) in [4.78, 5) is 16.7. The predicted octanol–water partition coefficient (Wildman–Crippen LogP) is 4.25. The van der Waals surface area contributed by atoms with Crippen LogP contribution in [0.2, 0.25) is 0 Å². The molecule has 3 rings (SSSR count). The third-order valence-electron chi connectivity index (χ3n) is 3.98. The van der Waals surface area contributed by atoms with Crippen LogP contribution in [0.4, 0.5) is 18.9 Å². The highest BCUT2D eigenvalue weighted by molar-refractivity contribution is 14.1. The highest BCUT2D eigenvalue weighted by atomic mass is 127. The van der Waals surface area contributed by atoms with Crippen molar-refractivity contribution in [3.05, 3.63) is 62.2 Å². The van der Waals surface area contributed by atoms with Crippen LogP contribution in [-0.4, -0.2) is 22.8 Å². The molecule has 1 aromatic heterocycles. The van der Waals surface area contributed by atoms with Gasteiger partial charge in [-0.2, -0.15) is 13.2 Å². The summed E-state index contributed by atoms with van der Waals surface area (Å²) in [5, 5.41) is -0.225. The molecule has 12 heteroatoms. The smallest absolute Gasteiger partial charge is 0.290 e. The van der Waals surface area contributed by atoms with Gasteiger partial charge in [0.25, 0.3) is 5.56 Å². The van der Waals surface area contributed by atoms with Crippen molar-refractivity contribution in [2.75, 3.05) is 5.43 Å². The highest BCUT2D eigenvalue weighted by Gasteiger charge is 2.32. The lowest BCUT2D eigenvalue weighted by atomic mass is 10.1. The van der Waals surface area contributed by atoms with Crippen LogP contribution in [-0.2, 0) is 16.0 Å². The number of aromatic nitrogens is 2. The van der Waals surface area contributed by atoms with Crippen LogP contribution in [0.3, 0.4) is 0 Å². The molecule has 6 nitrogen and oxygen atoms in total. The van der Waals surface area contributed by atoms with Gasteiger partial charge in [-0.15, -0.1) is 11.6 Å². The first-order valence-electron chi connectivity index (χ1n) is 7.94. The summed E-state index contributed by atoms with van der Waals surface area (Å²) in [6.45, 7) is 1.31. The minimum atomic E-state index is -4.62. The summed E-state index contributed by atoms with van der Waals surface area (Å²) in [7, 11) is -3.77. The Hall–Kier alpha value is -1.86. The number of anilines is 1. The third-order valence-corrected chi connectivity index (χ3v) is 7.27. The standard InChI is InChI=1S/C17H12ClF3IN3O3S/c1-9(18)29(27,28)12-4-2-3-11(7-12)24-25-8-23-15-13(16(25)26)5-10(6-14(15)22)17(19,20)21/h2-9,24H,1H3. The molecule has 0 aliphatic heterocycles. The first kappa shape index (κ1) is 21.8. The predicted molar refractivity (Wildman–Crippen MR) is 112 cm³/mol. The quantitative estimate of drug-likeness (QED) is 0.383. The van der Waals surface area contributed by atoms with E-state index in [1.54, 1.807) is 22.6 Å². The Labute approximate surface area is 181 Å². The van der Waals surface area contributed by atoms with Gasteiger partial charge in [-0.25, -0.2) is 18.1 Å². The molecule has 1 heterocycles. The molecule has 0 amide bonds. The number of sulfone groups is 1. The Morgan fingerprint density at radius 2 is 1.93 bits per heavy atom. The monoisotopic (exact) mass is 557 g/mol. The zero-order valence-electron chi connectivity index (χ0n) is 14.5. The van der Waals surface area contributed by atoms with E-state index in [0.29, 0.717) is 0 Å². The molecule has 2 aromatic carbocycles. The van der Waals surface area contributed by atoms with Gasteiger partial charge in [-0.05, 0) is 59.8 Å². The lowest BCUT2D eigenvalue weighted by Crippen LogP contribution is -2.27. The first-order valence-corrected chi connectivity index (χ1v) is 11.0. The molecule has 1 N–H and O–H groups in total. The minimum absolute atomic E-state index is 0.0688. The van der Waals surface area contributed by atoms with Crippen LogP contribution in [0.1, 0.15) is 12.5 Å². The molecule has 0 aliphatic rings. The SMILES string of the molecule is CC(Cl)S(=O)(=O)c1cccc(Nn2cnc3c(I)cc(C(F)(F)F)cc3c2=O)c1. The maximum atomic E-state index is 13.1. The zero-order valence-corrected chi connectivity index (χ0v) is 18.3. The van der Waals surface area contributed by atoms with Gasteiger partial charge in [0.15, 0.2) is 9.84 Å². The number of hydrogen-bond acceptors (Lipinski definition) is 5. The topological polar surface area (TPSA) is 81.1 Å². The normalized spacial score (nSPS) is 13.4. The highest BCUT2D eigenvalue weighted by Crippen LogP contribution is 2.32. The lowest BCUT2D eigenvalue weighted by Gasteiger charge is -2.13. The van der Waals surface area contributed by atoms with Gasteiger partial charge >= 0.3 is 6.18 Å². The number of alkyl halides is 4. The van der Waals surface area contributed by atoms with E-state index in [4.69, 9.17) is 11.6 Å². The Morgan fingerprint density at radius 3 is 2.55 bits per heavy atom. The van der Waals surface area contributed by atoms with Gasteiger partial charge in [-0.3, -0.25) is 10.2 Å². The van der Waals surface area contributed by atoms with Crippen LogP contribution in [0.25, 0.3) is 10.9 Å². The molecular formula is C17H12ClF3IN3O3S. The molecule has 29 heavy (non-hydrogen) atoms. The maximum Gasteiger partial charge on any atom is 0.416 e. The summed E-state index contributed by atoms with van der Waals surface area (Å²) in [5.74, 6) is 0. The van der Waals surface area contributed by atoms with Crippen LogP contribution >= 0.6 is 34.2 Å². The Kier molecular flexibility index (Phi) is 5.84. The van der Waals surface area contributed by atoms with Gasteiger partial charge < -0.3 is 0 Å². The summed E-state index contributed by atoms with van der Waals surface area (Å²) >= 11 is 7.39. The molecular weight excluding hydrogens is 546 g/mol. The molecule has 0 saturated heterocycles. The average molecular weight is 558 g/mol. The number of benzene rings is 2. The molecule has 0 fully saturated rings. The number of fused-ring (bicyclic) bond motifs is 1. The number of rotatable bonds is 4. The van der Waals surface area contributed by atoms with Crippen molar-refractivity contribution in [3.8, 4) is 0 Å².